The highest BCUT2D eigenvalue weighted by molar-refractivity contribution is 5.92. The predicted octanol–water partition coefficient (Wildman–Crippen LogP) is -0.0784. The van der Waals surface area contributed by atoms with E-state index in [2.05, 4.69) is 4.98 Å². The number of carbonyl (C=O) groups is 2. The molecule has 1 aliphatic rings. The first-order valence-corrected chi connectivity index (χ1v) is 5.26. The van der Waals surface area contributed by atoms with Gasteiger partial charge in [0.1, 0.15) is 5.69 Å². The minimum Gasteiger partial charge on any atom is -0.481 e. The average Bonchev–Trinajstić information content (AvgIpc) is 2.21. The zero-order valence-electron chi connectivity index (χ0n) is 9.05. The van der Waals surface area contributed by atoms with Crippen molar-refractivity contribution in [3.8, 4) is 0 Å². The van der Waals surface area contributed by atoms with Gasteiger partial charge in [-0.2, -0.15) is 0 Å². The number of aromatic amines is 1. The third kappa shape index (κ3) is 2.52. The Morgan fingerprint density at radius 1 is 1.41 bits per heavy atom. The van der Waals surface area contributed by atoms with E-state index in [0.717, 1.165) is 0 Å². The van der Waals surface area contributed by atoms with Crippen LogP contribution in [0.4, 0.5) is 0 Å². The highest BCUT2D eigenvalue weighted by Gasteiger charge is 2.32. The molecule has 0 aliphatic carbocycles. The molecule has 1 fully saturated rings. The number of aromatic nitrogens is 1. The summed E-state index contributed by atoms with van der Waals surface area (Å²) in [6.45, 7) is 0.865. The quantitative estimate of drug-likeness (QED) is 0.768. The summed E-state index contributed by atoms with van der Waals surface area (Å²) in [6, 6.07) is 4.38. The zero-order valence-corrected chi connectivity index (χ0v) is 9.05. The fraction of sp³-hybridized carbons (Fsp3) is 0.364. The number of amides is 1. The molecule has 2 rings (SSSR count). The van der Waals surface area contributed by atoms with Crippen molar-refractivity contribution in [1.29, 1.82) is 0 Å². The number of carboxylic acids is 1. The van der Waals surface area contributed by atoms with E-state index in [1.54, 1.807) is 0 Å². The summed E-state index contributed by atoms with van der Waals surface area (Å²) in [6.07, 6.45) is 0.0785. The molecule has 0 atom stereocenters. The summed E-state index contributed by atoms with van der Waals surface area (Å²) in [5, 5.41) is 8.58. The van der Waals surface area contributed by atoms with Crippen molar-refractivity contribution >= 4 is 11.9 Å². The van der Waals surface area contributed by atoms with Crippen LogP contribution in [0.25, 0.3) is 0 Å². The summed E-state index contributed by atoms with van der Waals surface area (Å²) >= 11 is 0. The van der Waals surface area contributed by atoms with Crippen LogP contribution in [0.5, 0.6) is 0 Å². The normalized spacial score (nSPS) is 15.4. The van der Waals surface area contributed by atoms with Crippen LogP contribution in [-0.4, -0.2) is 40.0 Å². The number of nitrogens with one attached hydrogen (secondary N) is 1. The molecule has 90 valence electrons. The van der Waals surface area contributed by atoms with Crippen LogP contribution in [0, 0.1) is 5.92 Å². The largest absolute Gasteiger partial charge is 0.481 e. The van der Waals surface area contributed by atoms with Crippen molar-refractivity contribution in [2.75, 3.05) is 13.1 Å². The Bertz CT molecular complexity index is 502. The molecule has 0 bridgehead atoms. The van der Waals surface area contributed by atoms with Crippen LogP contribution in [0.1, 0.15) is 16.9 Å². The molecule has 0 radical (unpaired) electrons. The Hall–Kier alpha value is -2.11. The van der Waals surface area contributed by atoms with Gasteiger partial charge in [-0.25, -0.2) is 0 Å². The second-order valence-electron chi connectivity index (χ2n) is 4.10. The molecule has 6 heteroatoms. The van der Waals surface area contributed by atoms with Crippen molar-refractivity contribution in [2.24, 2.45) is 5.92 Å². The highest BCUT2D eigenvalue weighted by atomic mass is 16.4. The molecule has 2 N–H and O–H groups in total. The Morgan fingerprint density at radius 2 is 2.12 bits per heavy atom. The van der Waals surface area contributed by atoms with E-state index in [-0.39, 0.29) is 29.5 Å². The molecule has 1 aromatic heterocycles. The number of pyridine rings is 1. The molecule has 2 heterocycles. The SMILES string of the molecule is O=C(O)CC1CN(C(=O)c2cccc(=O)[nH]2)C1. The second-order valence-corrected chi connectivity index (χ2v) is 4.10. The first kappa shape index (κ1) is 11.4. The molecule has 17 heavy (non-hydrogen) atoms. The molecule has 0 spiro atoms. The lowest BCUT2D eigenvalue weighted by atomic mass is 9.96. The maximum absolute atomic E-state index is 11.8. The number of likely N-dealkylation sites (tertiary alicyclic amines) is 1. The minimum atomic E-state index is -0.852. The van der Waals surface area contributed by atoms with Gasteiger partial charge in [-0.3, -0.25) is 14.4 Å². The Balaban J connectivity index is 1.96. The van der Waals surface area contributed by atoms with E-state index in [1.807, 2.05) is 0 Å². The summed E-state index contributed by atoms with van der Waals surface area (Å²) < 4.78 is 0. The number of nitrogens with zero attached hydrogens (tertiary/aromatic N) is 1. The van der Waals surface area contributed by atoms with Crippen LogP contribution in [-0.2, 0) is 4.79 Å². The number of H-pyrrole nitrogens is 1. The Kier molecular flexibility index (Phi) is 2.95. The van der Waals surface area contributed by atoms with Gasteiger partial charge in [-0.1, -0.05) is 6.07 Å². The van der Waals surface area contributed by atoms with E-state index in [9.17, 15) is 14.4 Å². The molecular formula is C11H12N2O4. The van der Waals surface area contributed by atoms with Gasteiger partial charge in [0.2, 0.25) is 5.56 Å². The second kappa shape index (κ2) is 4.40. The highest BCUT2D eigenvalue weighted by Crippen LogP contribution is 2.20. The first-order chi connectivity index (χ1) is 8.06. The van der Waals surface area contributed by atoms with Gasteiger partial charge < -0.3 is 15.0 Å². The van der Waals surface area contributed by atoms with Crippen molar-refractivity contribution in [3.05, 3.63) is 34.2 Å². The molecule has 0 aromatic carbocycles. The van der Waals surface area contributed by atoms with Crippen molar-refractivity contribution < 1.29 is 14.7 Å². The van der Waals surface area contributed by atoms with Crippen molar-refractivity contribution in [1.82, 2.24) is 9.88 Å². The summed E-state index contributed by atoms with van der Waals surface area (Å²) in [5.74, 6) is -1.09. The van der Waals surface area contributed by atoms with Crippen LogP contribution < -0.4 is 5.56 Å². The maximum atomic E-state index is 11.8. The van der Waals surface area contributed by atoms with Crippen molar-refractivity contribution in [3.63, 3.8) is 0 Å². The fourth-order valence-electron chi connectivity index (χ4n) is 1.85. The number of hydrogen-bond acceptors (Lipinski definition) is 3. The predicted molar refractivity (Wildman–Crippen MR) is 58.7 cm³/mol. The van der Waals surface area contributed by atoms with Gasteiger partial charge in [0.05, 0.1) is 6.42 Å². The van der Waals surface area contributed by atoms with Gasteiger partial charge in [0, 0.05) is 25.1 Å². The topological polar surface area (TPSA) is 90.5 Å². The van der Waals surface area contributed by atoms with Crippen LogP contribution in [0.15, 0.2) is 23.0 Å². The van der Waals surface area contributed by atoms with E-state index in [1.165, 1.54) is 23.1 Å². The standard InChI is InChI=1S/C11H12N2O4/c14-9-3-1-2-8(12-9)11(17)13-5-7(6-13)4-10(15)16/h1-3,7H,4-6H2,(H,12,14)(H,15,16). The lowest BCUT2D eigenvalue weighted by Crippen LogP contribution is -2.50. The lowest BCUT2D eigenvalue weighted by molar-refractivity contribution is -0.139. The summed E-state index contributed by atoms with van der Waals surface area (Å²) in [7, 11) is 0. The van der Waals surface area contributed by atoms with E-state index < -0.39 is 5.97 Å². The van der Waals surface area contributed by atoms with Crippen molar-refractivity contribution in [2.45, 2.75) is 6.42 Å². The Morgan fingerprint density at radius 3 is 2.71 bits per heavy atom. The molecular weight excluding hydrogens is 224 g/mol. The van der Waals surface area contributed by atoms with E-state index in [4.69, 9.17) is 5.11 Å². The van der Waals surface area contributed by atoms with Gasteiger partial charge in [-0.15, -0.1) is 0 Å². The molecule has 0 saturated carbocycles. The molecule has 1 aliphatic heterocycles. The van der Waals surface area contributed by atoms with Crippen LogP contribution in [0.3, 0.4) is 0 Å². The zero-order chi connectivity index (χ0) is 12.4. The minimum absolute atomic E-state index is 0.0203. The fourth-order valence-corrected chi connectivity index (χ4v) is 1.85. The Labute approximate surface area is 96.9 Å². The third-order valence-corrected chi connectivity index (χ3v) is 2.71. The van der Waals surface area contributed by atoms with Gasteiger partial charge >= 0.3 is 5.97 Å². The lowest BCUT2D eigenvalue weighted by Gasteiger charge is -2.38. The smallest absolute Gasteiger partial charge is 0.303 e. The van der Waals surface area contributed by atoms with Crippen LogP contribution in [0.2, 0.25) is 0 Å². The van der Waals surface area contributed by atoms with Crippen LogP contribution >= 0.6 is 0 Å². The van der Waals surface area contributed by atoms with E-state index in [0.29, 0.717) is 13.1 Å². The first-order valence-electron chi connectivity index (χ1n) is 5.26. The van der Waals surface area contributed by atoms with Gasteiger partial charge in [0.25, 0.3) is 5.91 Å². The van der Waals surface area contributed by atoms with Gasteiger partial charge in [0.15, 0.2) is 0 Å². The number of carbonyl (C=O) groups excluding carboxylic acids is 1. The molecule has 0 unspecified atom stereocenters. The number of aliphatic carboxylic acids is 1. The monoisotopic (exact) mass is 236 g/mol. The summed E-state index contributed by atoms with van der Waals surface area (Å²) in [4.78, 5) is 37.3. The number of rotatable bonds is 3. The molecule has 6 nitrogen and oxygen atoms in total. The van der Waals surface area contributed by atoms with Gasteiger partial charge in [-0.05, 0) is 6.07 Å². The number of carboxylic acid groups (broad SMARTS) is 1. The van der Waals surface area contributed by atoms with E-state index >= 15 is 0 Å². The molecule has 1 aromatic rings. The molecule has 1 saturated heterocycles. The summed E-state index contributed by atoms with van der Waals surface area (Å²) in [5.41, 5.74) is -0.0789. The third-order valence-electron chi connectivity index (χ3n) is 2.71. The number of hydrogen-bond donors (Lipinski definition) is 2. The molecule has 1 amide bonds. The maximum Gasteiger partial charge on any atom is 0.303 e. The average molecular weight is 236 g/mol.